The van der Waals surface area contributed by atoms with E-state index in [4.69, 9.17) is 10.1 Å². The molecule has 1 atom stereocenters. The minimum atomic E-state index is -3.86. The summed E-state index contributed by atoms with van der Waals surface area (Å²) in [6, 6.07) is 0. The summed E-state index contributed by atoms with van der Waals surface area (Å²) in [6.07, 6.45) is 3.23. The summed E-state index contributed by atoms with van der Waals surface area (Å²) in [7, 11) is -3.86. The Kier molecular flexibility index (Phi) is 6.74. The van der Waals surface area contributed by atoms with Gasteiger partial charge in [0, 0.05) is 0 Å². The lowest BCUT2D eigenvalue weighted by atomic mass is 10.2. The van der Waals surface area contributed by atoms with Crippen molar-refractivity contribution in [3.63, 3.8) is 0 Å². The Morgan fingerprint density at radius 1 is 1.43 bits per heavy atom. The van der Waals surface area contributed by atoms with Crippen molar-refractivity contribution in [1.29, 1.82) is 0 Å². The standard InChI is InChI=1S/C7H16NO5P/c1-2-3-4-5-6-14(11,12)13-8(10)7-9/h7,10H,2-6H2,1H3,(H,11,12). The molecule has 0 aromatic carbocycles. The maximum atomic E-state index is 11.1. The van der Waals surface area contributed by atoms with Crippen molar-refractivity contribution in [2.45, 2.75) is 32.6 Å². The molecule has 0 aromatic rings. The van der Waals surface area contributed by atoms with E-state index in [1.165, 1.54) is 0 Å². The van der Waals surface area contributed by atoms with E-state index in [1.807, 2.05) is 6.92 Å². The first kappa shape index (κ1) is 13.6. The van der Waals surface area contributed by atoms with Crippen LogP contribution in [0.4, 0.5) is 0 Å². The largest absolute Gasteiger partial charge is 0.351 e. The number of rotatable bonds is 8. The topological polar surface area (TPSA) is 87.1 Å². The van der Waals surface area contributed by atoms with Gasteiger partial charge in [-0.3, -0.25) is 14.6 Å². The minimum absolute atomic E-state index is 0.0576. The first-order valence-corrected chi connectivity index (χ1v) is 6.23. The maximum absolute atomic E-state index is 11.1. The Balaban J connectivity index is 3.72. The van der Waals surface area contributed by atoms with Crippen LogP contribution in [0.2, 0.25) is 0 Å². The van der Waals surface area contributed by atoms with E-state index in [-0.39, 0.29) is 17.8 Å². The van der Waals surface area contributed by atoms with Crippen LogP contribution in [0.5, 0.6) is 0 Å². The number of hydroxylamine groups is 2. The molecule has 2 N–H and O–H groups in total. The molecular weight excluding hydrogens is 209 g/mol. The van der Waals surface area contributed by atoms with Crippen LogP contribution in [0.1, 0.15) is 32.6 Å². The second-order valence-corrected chi connectivity index (χ2v) is 4.80. The number of hydrogen-bond donors (Lipinski definition) is 2. The highest BCUT2D eigenvalue weighted by molar-refractivity contribution is 7.52. The van der Waals surface area contributed by atoms with Gasteiger partial charge >= 0.3 is 7.60 Å². The molecule has 1 amide bonds. The van der Waals surface area contributed by atoms with Gasteiger partial charge in [0.05, 0.1) is 6.16 Å². The molecule has 0 bridgehead atoms. The Morgan fingerprint density at radius 2 is 2.07 bits per heavy atom. The fourth-order valence-electron chi connectivity index (χ4n) is 0.929. The van der Waals surface area contributed by atoms with Crippen molar-refractivity contribution >= 4 is 14.0 Å². The monoisotopic (exact) mass is 225 g/mol. The molecule has 0 heterocycles. The van der Waals surface area contributed by atoms with Crippen molar-refractivity contribution in [2.75, 3.05) is 6.16 Å². The molecule has 0 radical (unpaired) electrons. The third kappa shape index (κ3) is 7.03. The third-order valence-corrected chi connectivity index (χ3v) is 2.90. The molecule has 14 heavy (non-hydrogen) atoms. The highest BCUT2D eigenvalue weighted by atomic mass is 31.2. The first-order chi connectivity index (χ1) is 6.52. The fraction of sp³-hybridized carbons (Fsp3) is 0.857. The summed E-state index contributed by atoms with van der Waals surface area (Å²) in [5.41, 5.74) is 0. The average molecular weight is 225 g/mol. The van der Waals surface area contributed by atoms with E-state index < -0.39 is 7.60 Å². The normalized spacial score (nSPS) is 14.8. The molecule has 7 heteroatoms. The Bertz CT molecular complexity index is 210. The molecule has 0 aliphatic heterocycles. The molecule has 0 saturated carbocycles. The Hall–Kier alpha value is -0.420. The number of carbonyl (C=O) groups is 1. The molecule has 0 fully saturated rings. The maximum Gasteiger partial charge on any atom is 0.351 e. The molecule has 0 aliphatic carbocycles. The quantitative estimate of drug-likeness (QED) is 0.215. The predicted octanol–water partition coefficient (Wildman–Crippen LogP) is 1.53. The molecule has 0 aromatic heterocycles. The molecule has 0 saturated heterocycles. The van der Waals surface area contributed by atoms with Gasteiger partial charge in [-0.15, -0.1) is 0 Å². The highest BCUT2D eigenvalue weighted by Crippen LogP contribution is 2.43. The molecule has 6 nitrogen and oxygen atoms in total. The third-order valence-electron chi connectivity index (χ3n) is 1.60. The second kappa shape index (κ2) is 6.95. The lowest BCUT2D eigenvalue weighted by Gasteiger charge is -2.13. The van der Waals surface area contributed by atoms with Crippen LogP contribution in [0.15, 0.2) is 0 Å². The molecule has 84 valence electrons. The molecule has 0 aliphatic rings. The van der Waals surface area contributed by atoms with Gasteiger partial charge in [0.2, 0.25) is 0 Å². The zero-order valence-electron chi connectivity index (χ0n) is 8.13. The van der Waals surface area contributed by atoms with Crippen LogP contribution >= 0.6 is 7.60 Å². The van der Waals surface area contributed by atoms with Gasteiger partial charge in [-0.2, -0.15) is 4.62 Å². The summed E-state index contributed by atoms with van der Waals surface area (Å²) < 4.78 is 15.2. The smallest absolute Gasteiger partial charge is 0.323 e. The zero-order chi connectivity index (χ0) is 11.0. The summed E-state index contributed by atoms with van der Waals surface area (Å²) in [5, 5.41) is 8.23. The van der Waals surface area contributed by atoms with E-state index in [9.17, 15) is 9.36 Å². The van der Waals surface area contributed by atoms with E-state index in [0.717, 1.165) is 19.3 Å². The zero-order valence-corrected chi connectivity index (χ0v) is 9.02. The summed E-state index contributed by atoms with van der Waals surface area (Å²) in [5.74, 6) is 0. The van der Waals surface area contributed by atoms with Crippen LogP contribution in [-0.4, -0.2) is 27.9 Å². The highest BCUT2D eigenvalue weighted by Gasteiger charge is 2.22. The summed E-state index contributed by atoms with van der Waals surface area (Å²) in [4.78, 5) is 19.0. The molecule has 0 rings (SSSR count). The Labute approximate surface area is 82.9 Å². The van der Waals surface area contributed by atoms with Gasteiger partial charge < -0.3 is 4.89 Å². The molecule has 1 unspecified atom stereocenters. The van der Waals surface area contributed by atoms with Crippen LogP contribution in [0.3, 0.4) is 0 Å². The number of hydrogen-bond acceptors (Lipinski definition) is 4. The number of unbranched alkanes of at least 4 members (excludes halogenated alkanes) is 3. The average Bonchev–Trinajstić information content (AvgIpc) is 2.12. The SMILES string of the molecule is CCCCCCP(=O)(O)ON(O)C=O. The van der Waals surface area contributed by atoms with Gasteiger partial charge in [-0.05, 0) is 6.42 Å². The Morgan fingerprint density at radius 3 is 2.57 bits per heavy atom. The lowest BCUT2D eigenvalue weighted by molar-refractivity contribution is -0.256. The van der Waals surface area contributed by atoms with Crippen molar-refractivity contribution in [3.8, 4) is 0 Å². The van der Waals surface area contributed by atoms with Gasteiger partial charge in [-0.1, -0.05) is 31.4 Å². The van der Waals surface area contributed by atoms with E-state index in [2.05, 4.69) is 4.62 Å². The van der Waals surface area contributed by atoms with Crippen LogP contribution in [0, 0.1) is 0 Å². The number of carbonyl (C=O) groups excluding carboxylic acids is 1. The van der Waals surface area contributed by atoms with E-state index in [0.29, 0.717) is 6.42 Å². The van der Waals surface area contributed by atoms with Crippen molar-refractivity contribution < 1.29 is 24.1 Å². The van der Waals surface area contributed by atoms with Crippen LogP contribution in [-0.2, 0) is 14.0 Å². The number of nitrogens with zero attached hydrogens (tertiary/aromatic N) is 1. The van der Waals surface area contributed by atoms with Crippen molar-refractivity contribution in [3.05, 3.63) is 0 Å². The summed E-state index contributed by atoms with van der Waals surface area (Å²) in [6.45, 7) is 2.02. The molecular formula is C7H16NO5P. The van der Waals surface area contributed by atoms with Gasteiger partial charge in [0.25, 0.3) is 6.41 Å². The van der Waals surface area contributed by atoms with Crippen molar-refractivity contribution in [1.82, 2.24) is 5.23 Å². The van der Waals surface area contributed by atoms with E-state index >= 15 is 0 Å². The van der Waals surface area contributed by atoms with E-state index in [1.54, 1.807) is 0 Å². The molecule has 0 spiro atoms. The summed E-state index contributed by atoms with van der Waals surface area (Å²) >= 11 is 0. The number of amides is 1. The van der Waals surface area contributed by atoms with Gasteiger partial charge in [0.1, 0.15) is 0 Å². The first-order valence-electron chi connectivity index (χ1n) is 4.46. The minimum Gasteiger partial charge on any atom is -0.323 e. The lowest BCUT2D eigenvalue weighted by Crippen LogP contribution is -2.16. The fourth-order valence-corrected chi connectivity index (χ4v) is 1.93. The van der Waals surface area contributed by atoms with Crippen LogP contribution < -0.4 is 0 Å². The van der Waals surface area contributed by atoms with Crippen LogP contribution in [0.25, 0.3) is 0 Å². The predicted molar refractivity (Wildman–Crippen MR) is 49.6 cm³/mol. The van der Waals surface area contributed by atoms with Gasteiger partial charge in [-0.25, -0.2) is 0 Å². The van der Waals surface area contributed by atoms with Gasteiger partial charge in [0.15, 0.2) is 0 Å². The second-order valence-electron chi connectivity index (χ2n) is 2.91. The van der Waals surface area contributed by atoms with Crippen molar-refractivity contribution in [2.24, 2.45) is 0 Å².